The second kappa shape index (κ2) is 6.85. The highest BCUT2D eigenvalue weighted by Gasteiger charge is 2.54. The van der Waals surface area contributed by atoms with Crippen molar-refractivity contribution in [3.8, 4) is 0 Å². The van der Waals surface area contributed by atoms with Crippen molar-refractivity contribution in [2.75, 3.05) is 14.2 Å². The Morgan fingerprint density at radius 3 is 1.62 bits per heavy atom. The molecule has 0 radical (unpaired) electrons. The van der Waals surface area contributed by atoms with Crippen LogP contribution in [0.25, 0.3) is 0 Å². The van der Waals surface area contributed by atoms with Crippen molar-refractivity contribution in [2.45, 2.75) is 57.8 Å². The minimum atomic E-state index is -0.373. The fourth-order valence-electron chi connectivity index (χ4n) is 5.79. The molecule has 24 heavy (non-hydrogen) atoms. The van der Waals surface area contributed by atoms with Crippen LogP contribution in [-0.4, -0.2) is 31.9 Å². The van der Waals surface area contributed by atoms with Crippen LogP contribution in [0.5, 0.6) is 0 Å². The zero-order valence-electron chi connectivity index (χ0n) is 14.7. The monoisotopic (exact) mass is 336 g/mol. The topological polar surface area (TPSA) is 69.7 Å². The Morgan fingerprint density at radius 1 is 0.833 bits per heavy atom. The number of ketones is 1. The largest absolute Gasteiger partial charge is 0.469 e. The van der Waals surface area contributed by atoms with Gasteiger partial charge in [0.15, 0.2) is 0 Å². The van der Waals surface area contributed by atoms with Crippen LogP contribution in [0.3, 0.4) is 0 Å². The summed E-state index contributed by atoms with van der Waals surface area (Å²) in [5.74, 6) is 1.33. The molecule has 0 aliphatic heterocycles. The summed E-state index contributed by atoms with van der Waals surface area (Å²) in [4.78, 5) is 36.4. The standard InChI is InChI=1S/C19H28O5/c1-23-17(21)7-12(8-18(22)24-2)6-16(20)19-9-13-3-14(10-19)5-15(4-13)11-19/h12-15H,3-11H2,1-2H3. The second-order valence-electron chi connectivity index (χ2n) is 8.25. The van der Waals surface area contributed by atoms with Gasteiger partial charge in [-0.25, -0.2) is 0 Å². The van der Waals surface area contributed by atoms with Crippen molar-refractivity contribution in [3.63, 3.8) is 0 Å². The van der Waals surface area contributed by atoms with Crippen LogP contribution in [0, 0.1) is 29.1 Å². The maximum Gasteiger partial charge on any atom is 0.305 e. The molecule has 0 aromatic rings. The van der Waals surface area contributed by atoms with Crippen LogP contribution >= 0.6 is 0 Å². The van der Waals surface area contributed by atoms with Gasteiger partial charge in [-0.3, -0.25) is 14.4 Å². The lowest BCUT2D eigenvalue weighted by Crippen LogP contribution is -2.50. The highest BCUT2D eigenvalue weighted by Crippen LogP contribution is 2.60. The highest BCUT2D eigenvalue weighted by molar-refractivity contribution is 5.86. The maximum absolute atomic E-state index is 13.1. The summed E-state index contributed by atoms with van der Waals surface area (Å²) >= 11 is 0. The minimum Gasteiger partial charge on any atom is -0.469 e. The smallest absolute Gasteiger partial charge is 0.305 e. The number of hydrogen-bond acceptors (Lipinski definition) is 5. The summed E-state index contributed by atoms with van der Waals surface area (Å²) in [6, 6.07) is 0. The molecule has 0 heterocycles. The summed E-state index contributed by atoms with van der Waals surface area (Å²) in [7, 11) is 2.66. The Hall–Kier alpha value is -1.39. The van der Waals surface area contributed by atoms with E-state index in [0.717, 1.165) is 19.3 Å². The molecule has 4 rings (SSSR count). The summed E-state index contributed by atoms with van der Waals surface area (Å²) in [6.45, 7) is 0. The van der Waals surface area contributed by atoms with Gasteiger partial charge in [-0.2, -0.15) is 0 Å². The first-order valence-corrected chi connectivity index (χ1v) is 9.11. The Morgan fingerprint density at radius 2 is 1.25 bits per heavy atom. The zero-order valence-corrected chi connectivity index (χ0v) is 14.7. The fourth-order valence-corrected chi connectivity index (χ4v) is 5.79. The predicted octanol–water partition coefficient (Wildman–Crippen LogP) is 2.90. The zero-order chi connectivity index (χ0) is 17.3. The molecule has 0 N–H and O–H groups in total. The quantitative estimate of drug-likeness (QED) is 0.669. The third-order valence-electron chi connectivity index (χ3n) is 6.47. The van der Waals surface area contributed by atoms with Crippen LogP contribution in [0.4, 0.5) is 0 Å². The molecular formula is C19H28O5. The van der Waals surface area contributed by atoms with E-state index in [9.17, 15) is 14.4 Å². The first-order chi connectivity index (χ1) is 11.4. The van der Waals surface area contributed by atoms with E-state index in [2.05, 4.69) is 0 Å². The number of carbonyl (C=O) groups excluding carboxylic acids is 3. The van der Waals surface area contributed by atoms with Crippen LogP contribution in [0.15, 0.2) is 0 Å². The molecule has 0 amide bonds. The number of rotatable bonds is 7. The van der Waals surface area contributed by atoms with E-state index in [4.69, 9.17) is 9.47 Å². The van der Waals surface area contributed by atoms with Crippen molar-refractivity contribution in [2.24, 2.45) is 29.1 Å². The van der Waals surface area contributed by atoms with E-state index in [1.807, 2.05) is 0 Å². The summed E-state index contributed by atoms with van der Waals surface area (Å²) in [5, 5.41) is 0. The summed E-state index contributed by atoms with van der Waals surface area (Å²) in [5.41, 5.74) is -0.181. The molecule has 4 aliphatic rings. The molecule has 4 saturated carbocycles. The average Bonchev–Trinajstić information content (AvgIpc) is 2.53. The van der Waals surface area contributed by atoms with Gasteiger partial charge in [-0.05, 0) is 62.2 Å². The normalized spacial score (nSPS) is 33.5. The fraction of sp³-hybridized carbons (Fsp3) is 0.842. The van der Waals surface area contributed by atoms with Gasteiger partial charge < -0.3 is 9.47 Å². The molecule has 0 unspecified atom stereocenters. The Balaban J connectivity index is 1.68. The molecule has 5 nitrogen and oxygen atoms in total. The van der Waals surface area contributed by atoms with Crippen molar-refractivity contribution >= 4 is 17.7 Å². The van der Waals surface area contributed by atoms with Crippen LogP contribution < -0.4 is 0 Å². The van der Waals surface area contributed by atoms with E-state index >= 15 is 0 Å². The molecule has 4 aliphatic carbocycles. The van der Waals surface area contributed by atoms with Gasteiger partial charge >= 0.3 is 11.9 Å². The Labute approximate surface area is 143 Å². The molecular weight excluding hydrogens is 308 g/mol. The number of Topliss-reactive ketones (excluding diaryl/α,β-unsaturated/α-hetero) is 1. The minimum absolute atomic E-state index is 0.101. The molecule has 0 aromatic heterocycles. The first kappa shape index (κ1) is 17.4. The van der Waals surface area contributed by atoms with Gasteiger partial charge in [0.25, 0.3) is 0 Å². The van der Waals surface area contributed by atoms with E-state index in [1.54, 1.807) is 0 Å². The van der Waals surface area contributed by atoms with E-state index in [1.165, 1.54) is 33.5 Å². The van der Waals surface area contributed by atoms with Gasteiger partial charge in [0.05, 0.1) is 14.2 Å². The number of hydrogen-bond donors (Lipinski definition) is 0. The van der Waals surface area contributed by atoms with Crippen LogP contribution in [-0.2, 0) is 23.9 Å². The molecule has 0 aromatic carbocycles. The molecule has 4 fully saturated rings. The van der Waals surface area contributed by atoms with Gasteiger partial charge in [-0.15, -0.1) is 0 Å². The predicted molar refractivity (Wildman–Crippen MR) is 87.0 cm³/mol. The highest BCUT2D eigenvalue weighted by atomic mass is 16.5. The van der Waals surface area contributed by atoms with Crippen LogP contribution in [0.1, 0.15) is 57.8 Å². The van der Waals surface area contributed by atoms with Crippen molar-refractivity contribution in [3.05, 3.63) is 0 Å². The van der Waals surface area contributed by atoms with Gasteiger partial charge in [0, 0.05) is 24.7 Å². The number of esters is 2. The molecule has 0 saturated heterocycles. The molecule has 134 valence electrons. The maximum atomic E-state index is 13.1. The summed E-state index contributed by atoms with van der Waals surface area (Å²) < 4.78 is 9.45. The van der Waals surface area contributed by atoms with Gasteiger partial charge in [0.1, 0.15) is 5.78 Å². The molecule has 0 atom stereocenters. The number of methoxy groups -OCH3 is 2. The third-order valence-corrected chi connectivity index (χ3v) is 6.47. The van der Waals surface area contributed by atoms with E-state index in [-0.39, 0.29) is 48.3 Å². The second-order valence-corrected chi connectivity index (χ2v) is 8.25. The van der Waals surface area contributed by atoms with E-state index < -0.39 is 0 Å². The number of carbonyl (C=O) groups is 3. The van der Waals surface area contributed by atoms with Crippen molar-refractivity contribution in [1.82, 2.24) is 0 Å². The van der Waals surface area contributed by atoms with E-state index in [0.29, 0.717) is 17.8 Å². The Kier molecular flexibility index (Phi) is 4.97. The lowest BCUT2D eigenvalue weighted by molar-refractivity contribution is -0.148. The lowest BCUT2D eigenvalue weighted by Gasteiger charge is -2.56. The Bertz CT molecular complexity index is 471. The first-order valence-electron chi connectivity index (χ1n) is 9.11. The van der Waals surface area contributed by atoms with Crippen LogP contribution in [0.2, 0.25) is 0 Å². The average molecular weight is 336 g/mol. The van der Waals surface area contributed by atoms with Gasteiger partial charge in [0.2, 0.25) is 0 Å². The lowest BCUT2D eigenvalue weighted by atomic mass is 9.48. The summed E-state index contributed by atoms with van der Waals surface area (Å²) in [6.07, 6.45) is 7.41. The number of ether oxygens (including phenoxy) is 2. The van der Waals surface area contributed by atoms with Gasteiger partial charge in [-0.1, -0.05) is 0 Å². The van der Waals surface area contributed by atoms with Crippen molar-refractivity contribution in [1.29, 1.82) is 0 Å². The molecule has 5 heteroatoms. The van der Waals surface area contributed by atoms with Crippen molar-refractivity contribution < 1.29 is 23.9 Å². The molecule has 4 bridgehead atoms. The SMILES string of the molecule is COC(=O)CC(CC(=O)OC)CC(=O)C12CC3CC(CC(C3)C1)C2. The third kappa shape index (κ3) is 3.50. The molecule has 0 spiro atoms.